The summed E-state index contributed by atoms with van der Waals surface area (Å²) in [6.07, 6.45) is 4.91. The average Bonchev–Trinajstić information content (AvgIpc) is 2.81. The lowest BCUT2D eigenvalue weighted by molar-refractivity contribution is -0.551. The van der Waals surface area contributed by atoms with Crippen molar-refractivity contribution in [3.05, 3.63) is 0 Å². The number of esters is 1. The Kier molecular flexibility index (Phi) is 17.0. The molecule has 1 aliphatic carbocycles. The van der Waals surface area contributed by atoms with Crippen molar-refractivity contribution in [3.63, 3.8) is 0 Å². The van der Waals surface area contributed by atoms with E-state index < -0.39 is 22.8 Å². The van der Waals surface area contributed by atoms with Crippen LogP contribution in [-0.2, 0) is 48.6 Å². The maximum absolute atomic E-state index is 11.8. The van der Waals surface area contributed by atoms with E-state index in [1.807, 2.05) is 90.0 Å². The fourth-order valence-corrected chi connectivity index (χ4v) is 4.22. The first-order chi connectivity index (χ1) is 19.6. The minimum absolute atomic E-state index is 0.125. The van der Waals surface area contributed by atoms with Crippen LogP contribution in [-0.4, -0.2) is 46.6 Å². The minimum atomic E-state index is -1.20. The highest BCUT2D eigenvalue weighted by Gasteiger charge is 2.48. The quantitative estimate of drug-likeness (QED) is 0.0603. The fourth-order valence-electron chi connectivity index (χ4n) is 4.22. The molecule has 264 valence electrons. The first-order valence-corrected chi connectivity index (χ1v) is 16.2. The number of hydrogen-bond acceptors (Lipinski definition) is 10. The Morgan fingerprint density at radius 1 is 0.682 bits per heavy atom. The van der Waals surface area contributed by atoms with Gasteiger partial charge in [-0.25, -0.2) is 19.6 Å². The topological polar surface area (TPSA) is 100 Å². The lowest BCUT2D eigenvalue weighted by atomic mass is 9.70. The van der Waals surface area contributed by atoms with Gasteiger partial charge in [-0.2, -0.15) is 19.6 Å². The summed E-state index contributed by atoms with van der Waals surface area (Å²) in [6.45, 7) is 33.8. The van der Waals surface area contributed by atoms with Crippen LogP contribution in [0.15, 0.2) is 0 Å². The molecule has 1 fully saturated rings. The average molecular weight is 637 g/mol. The van der Waals surface area contributed by atoms with Gasteiger partial charge in [-0.3, -0.25) is 4.79 Å². The van der Waals surface area contributed by atoms with Crippen LogP contribution in [0.1, 0.15) is 163 Å². The van der Waals surface area contributed by atoms with Crippen molar-refractivity contribution < 1.29 is 48.6 Å². The standard InChI is InChI=1S/C17H34O6.C17H34O4/c1-9-10-13-19-14(18)11-12-17(8,22-20-15(2,3)4)23-21-16(5,6)7;1-13-10-16(8,9)12-17(11-13,20-18-14(2,3)4)21-19-15(5,6)7/h9-13H2,1-8H3;13H,10-12H2,1-9H3. The third kappa shape index (κ3) is 22.6. The van der Waals surface area contributed by atoms with Crippen molar-refractivity contribution in [3.8, 4) is 0 Å². The van der Waals surface area contributed by atoms with Gasteiger partial charge in [0.15, 0.2) is 0 Å². The first-order valence-electron chi connectivity index (χ1n) is 16.2. The number of rotatable bonds is 14. The highest BCUT2D eigenvalue weighted by Crippen LogP contribution is 2.47. The number of hydrogen-bond donors (Lipinski definition) is 0. The van der Waals surface area contributed by atoms with E-state index in [1.54, 1.807) is 6.92 Å². The maximum atomic E-state index is 11.8. The molecule has 0 saturated heterocycles. The van der Waals surface area contributed by atoms with Crippen LogP contribution in [0.2, 0.25) is 0 Å². The van der Waals surface area contributed by atoms with E-state index in [9.17, 15) is 4.79 Å². The Hall–Kier alpha value is -0.850. The molecule has 0 aromatic carbocycles. The van der Waals surface area contributed by atoms with E-state index >= 15 is 0 Å². The van der Waals surface area contributed by atoms with Gasteiger partial charge in [0, 0.05) is 19.3 Å². The molecule has 1 unspecified atom stereocenters. The van der Waals surface area contributed by atoms with Crippen LogP contribution >= 0.6 is 0 Å². The molecule has 10 heteroatoms. The van der Waals surface area contributed by atoms with E-state index in [4.69, 9.17) is 43.8 Å². The molecule has 10 nitrogen and oxygen atoms in total. The van der Waals surface area contributed by atoms with Gasteiger partial charge in [0.2, 0.25) is 11.6 Å². The van der Waals surface area contributed by atoms with Gasteiger partial charge in [0.05, 0.1) is 35.4 Å². The van der Waals surface area contributed by atoms with Gasteiger partial charge in [-0.05, 0) is 114 Å². The lowest BCUT2D eigenvalue weighted by Crippen LogP contribution is -2.48. The molecule has 0 aliphatic heterocycles. The van der Waals surface area contributed by atoms with Crippen molar-refractivity contribution in [1.29, 1.82) is 0 Å². The summed E-state index contributed by atoms with van der Waals surface area (Å²) in [5.74, 6) is -1.85. The molecular formula is C34H68O10. The zero-order valence-electron chi connectivity index (χ0n) is 31.3. The molecule has 0 aromatic heterocycles. The molecule has 1 saturated carbocycles. The minimum Gasteiger partial charge on any atom is -0.466 e. The Balaban J connectivity index is 0.000000843. The van der Waals surface area contributed by atoms with Crippen LogP contribution < -0.4 is 0 Å². The number of unbranched alkanes of at least 4 members (excludes halogenated alkanes) is 1. The molecule has 0 N–H and O–H groups in total. The summed E-state index contributed by atoms with van der Waals surface area (Å²) in [4.78, 5) is 56.0. The first kappa shape index (κ1) is 43.1. The third-order valence-corrected chi connectivity index (χ3v) is 5.68. The molecular weight excluding hydrogens is 568 g/mol. The molecule has 0 spiro atoms. The summed E-state index contributed by atoms with van der Waals surface area (Å²) in [5.41, 5.74) is -1.66. The molecule has 0 bridgehead atoms. The van der Waals surface area contributed by atoms with Crippen LogP contribution in [0, 0.1) is 11.3 Å². The summed E-state index contributed by atoms with van der Waals surface area (Å²) in [5, 5.41) is 0. The molecule has 44 heavy (non-hydrogen) atoms. The summed E-state index contributed by atoms with van der Waals surface area (Å²) in [7, 11) is 0. The van der Waals surface area contributed by atoms with E-state index in [2.05, 4.69) is 20.8 Å². The van der Waals surface area contributed by atoms with Crippen molar-refractivity contribution >= 4 is 5.97 Å². The zero-order chi connectivity index (χ0) is 34.7. The Bertz CT molecular complexity index is 776. The maximum Gasteiger partial charge on any atom is 0.305 e. The van der Waals surface area contributed by atoms with Gasteiger partial charge in [-0.15, -0.1) is 0 Å². The lowest BCUT2D eigenvalue weighted by Gasteiger charge is -2.46. The van der Waals surface area contributed by atoms with Gasteiger partial charge >= 0.3 is 5.97 Å². The highest BCUT2D eigenvalue weighted by molar-refractivity contribution is 5.69. The van der Waals surface area contributed by atoms with Crippen molar-refractivity contribution in [2.24, 2.45) is 11.3 Å². The molecule has 1 atom stereocenters. The second-order valence-electron chi connectivity index (χ2n) is 17.1. The second kappa shape index (κ2) is 17.3. The monoisotopic (exact) mass is 636 g/mol. The number of carbonyl (C=O) groups is 1. The summed E-state index contributed by atoms with van der Waals surface area (Å²) in [6, 6.07) is 0. The van der Waals surface area contributed by atoms with Crippen molar-refractivity contribution in [2.75, 3.05) is 6.61 Å². The van der Waals surface area contributed by atoms with E-state index in [-0.39, 0.29) is 35.4 Å². The van der Waals surface area contributed by atoms with Crippen molar-refractivity contribution in [2.45, 2.75) is 197 Å². The Labute approximate surface area is 269 Å². The van der Waals surface area contributed by atoms with E-state index in [0.717, 1.165) is 32.1 Å². The van der Waals surface area contributed by atoms with Crippen LogP contribution in [0.4, 0.5) is 0 Å². The molecule has 0 aromatic rings. The number of ether oxygens (including phenoxy) is 1. The van der Waals surface area contributed by atoms with Crippen LogP contribution in [0.3, 0.4) is 0 Å². The summed E-state index contributed by atoms with van der Waals surface area (Å²) < 4.78 is 5.14. The number of carbonyl (C=O) groups excluding carboxylic acids is 1. The van der Waals surface area contributed by atoms with Gasteiger partial charge in [0.1, 0.15) is 0 Å². The van der Waals surface area contributed by atoms with Gasteiger partial charge in [0.25, 0.3) is 0 Å². The van der Waals surface area contributed by atoms with Crippen LogP contribution in [0.25, 0.3) is 0 Å². The largest absolute Gasteiger partial charge is 0.466 e. The SMILES string of the molecule is CC1CC(C)(C)CC(OOC(C)(C)C)(OOC(C)(C)C)C1.CCCCOC(=O)CCC(C)(OOC(C)(C)C)OOC(C)(C)C. The summed E-state index contributed by atoms with van der Waals surface area (Å²) >= 11 is 0. The van der Waals surface area contributed by atoms with Crippen LogP contribution in [0.5, 0.6) is 0 Å². The molecule has 1 rings (SSSR count). The fraction of sp³-hybridized carbons (Fsp3) is 0.971. The Morgan fingerprint density at radius 3 is 1.48 bits per heavy atom. The predicted octanol–water partition coefficient (Wildman–Crippen LogP) is 9.34. The van der Waals surface area contributed by atoms with Gasteiger partial charge < -0.3 is 4.74 Å². The zero-order valence-corrected chi connectivity index (χ0v) is 31.3. The van der Waals surface area contributed by atoms with E-state index in [0.29, 0.717) is 12.5 Å². The molecule has 1 aliphatic rings. The van der Waals surface area contributed by atoms with E-state index in [1.165, 1.54) is 0 Å². The third-order valence-electron chi connectivity index (χ3n) is 5.68. The normalized spacial score (nSPS) is 19.2. The smallest absolute Gasteiger partial charge is 0.305 e. The van der Waals surface area contributed by atoms with Crippen molar-refractivity contribution in [1.82, 2.24) is 0 Å². The molecule has 0 radical (unpaired) electrons. The molecule has 0 heterocycles. The molecule has 0 amide bonds. The predicted molar refractivity (Wildman–Crippen MR) is 171 cm³/mol. The second-order valence-corrected chi connectivity index (χ2v) is 17.1. The van der Waals surface area contributed by atoms with Gasteiger partial charge in [-0.1, -0.05) is 34.1 Å². The highest BCUT2D eigenvalue weighted by atomic mass is 17.3. The Morgan fingerprint density at radius 2 is 1.11 bits per heavy atom.